The molecule has 2 aromatic rings. The Morgan fingerprint density at radius 2 is 1.68 bits per heavy atom. The van der Waals surface area contributed by atoms with Crippen LogP contribution in [0.4, 0.5) is 18.9 Å². The number of esters is 1. The zero-order valence-corrected chi connectivity index (χ0v) is 18.3. The summed E-state index contributed by atoms with van der Waals surface area (Å²) in [5.41, 5.74) is -1.54. The Bertz CT molecular complexity index is 1120. The number of anilines is 1. The van der Waals surface area contributed by atoms with Crippen molar-refractivity contribution in [3.05, 3.63) is 57.6 Å². The number of amides is 1. The van der Waals surface area contributed by atoms with Crippen LogP contribution in [-0.4, -0.2) is 45.3 Å². The van der Waals surface area contributed by atoms with E-state index in [1.807, 2.05) is 0 Å². The van der Waals surface area contributed by atoms with Crippen LogP contribution in [0.2, 0.25) is 10.0 Å². The Balaban J connectivity index is 2.09. The second-order valence-electron chi connectivity index (χ2n) is 6.25. The standard InChI is InChI=1S/C18H15Cl2F3N2O5S/c1-25(2)31(28,29)15-7-10(3-5-14(15)20)17(27)30-9-16(26)24-11-4-6-13(19)12(8-11)18(21,22)23/h3-8H,9H2,1-2H3,(H,24,26). The van der Waals surface area contributed by atoms with E-state index < -0.39 is 45.3 Å². The number of alkyl halides is 3. The van der Waals surface area contributed by atoms with Crippen LogP contribution in [0, 0.1) is 0 Å². The van der Waals surface area contributed by atoms with Gasteiger partial charge in [0.15, 0.2) is 6.61 Å². The lowest BCUT2D eigenvalue weighted by Crippen LogP contribution is -2.23. The maximum Gasteiger partial charge on any atom is 0.417 e. The monoisotopic (exact) mass is 498 g/mol. The van der Waals surface area contributed by atoms with Crippen LogP contribution in [-0.2, 0) is 25.7 Å². The molecule has 0 fully saturated rings. The molecule has 1 N–H and O–H groups in total. The van der Waals surface area contributed by atoms with Crippen LogP contribution in [0.15, 0.2) is 41.3 Å². The number of hydrogen-bond acceptors (Lipinski definition) is 5. The van der Waals surface area contributed by atoms with Gasteiger partial charge in [-0.15, -0.1) is 0 Å². The number of sulfonamides is 1. The highest BCUT2D eigenvalue weighted by atomic mass is 35.5. The van der Waals surface area contributed by atoms with E-state index in [0.29, 0.717) is 6.07 Å². The number of nitrogens with one attached hydrogen (secondary N) is 1. The fourth-order valence-corrected chi connectivity index (χ4v) is 3.87. The highest BCUT2D eigenvalue weighted by molar-refractivity contribution is 7.89. The van der Waals surface area contributed by atoms with Crippen molar-refractivity contribution in [3.8, 4) is 0 Å². The lowest BCUT2D eigenvalue weighted by molar-refractivity contribution is -0.137. The second kappa shape index (κ2) is 9.43. The largest absolute Gasteiger partial charge is 0.452 e. The van der Waals surface area contributed by atoms with Crippen molar-refractivity contribution in [2.45, 2.75) is 11.1 Å². The number of halogens is 5. The average Bonchev–Trinajstić information content (AvgIpc) is 2.66. The molecular formula is C18H15Cl2F3N2O5S. The molecule has 0 aliphatic carbocycles. The van der Waals surface area contributed by atoms with E-state index in [2.05, 4.69) is 5.32 Å². The minimum Gasteiger partial charge on any atom is -0.452 e. The van der Waals surface area contributed by atoms with E-state index in [-0.39, 0.29) is 21.2 Å². The summed E-state index contributed by atoms with van der Waals surface area (Å²) in [5, 5.41) is 1.49. The molecule has 0 saturated carbocycles. The number of rotatable bonds is 6. The van der Waals surface area contributed by atoms with Gasteiger partial charge in [0.2, 0.25) is 10.0 Å². The van der Waals surface area contributed by atoms with Crippen LogP contribution in [0.1, 0.15) is 15.9 Å². The zero-order chi connectivity index (χ0) is 23.6. The first-order valence-electron chi connectivity index (χ1n) is 8.29. The van der Waals surface area contributed by atoms with Gasteiger partial charge in [0.1, 0.15) is 4.90 Å². The third-order valence-corrected chi connectivity index (χ3v) is 6.44. The van der Waals surface area contributed by atoms with E-state index >= 15 is 0 Å². The van der Waals surface area contributed by atoms with Crippen molar-refractivity contribution in [3.63, 3.8) is 0 Å². The Labute approximate surface area is 185 Å². The second-order valence-corrected chi connectivity index (χ2v) is 9.18. The first-order valence-corrected chi connectivity index (χ1v) is 10.5. The van der Waals surface area contributed by atoms with Gasteiger partial charge in [0.05, 0.1) is 21.2 Å². The molecule has 7 nitrogen and oxygen atoms in total. The van der Waals surface area contributed by atoms with Crippen molar-refractivity contribution in [1.82, 2.24) is 4.31 Å². The molecular weight excluding hydrogens is 484 g/mol. The predicted octanol–water partition coefficient (Wildman–Crippen LogP) is 4.06. The number of benzene rings is 2. The molecule has 0 unspecified atom stereocenters. The van der Waals surface area contributed by atoms with Gasteiger partial charge in [-0.1, -0.05) is 23.2 Å². The van der Waals surface area contributed by atoms with Gasteiger partial charge in [-0.25, -0.2) is 17.5 Å². The summed E-state index contributed by atoms with van der Waals surface area (Å²) in [6, 6.07) is 6.13. The minimum absolute atomic E-state index is 0.119. The predicted molar refractivity (Wildman–Crippen MR) is 108 cm³/mol. The van der Waals surface area contributed by atoms with E-state index in [1.165, 1.54) is 26.2 Å². The van der Waals surface area contributed by atoms with Crippen LogP contribution >= 0.6 is 23.2 Å². The fraction of sp³-hybridized carbons (Fsp3) is 0.222. The average molecular weight is 499 g/mol. The molecule has 31 heavy (non-hydrogen) atoms. The molecule has 0 aliphatic heterocycles. The maximum atomic E-state index is 12.9. The maximum absolute atomic E-state index is 12.9. The molecule has 0 saturated heterocycles. The summed E-state index contributed by atoms with van der Waals surface area (Å²) < 4.78 is 68.9. The van der Waals surface area contributed by atoms with Gasteiger partial charge in [0.25, 0.3) is 5.91 Å². The molecule has 168 valence electrons. The summed E-state index contributed by atoms with van der Waals surface area (Å²) in [4.78, 5) is 23.8. The first kappa shape index (κ1) is 24.9. The molecule has 0 bridgehead atoms. The molecule has 13 heteroatoms. The van der Waals surface area contributed by atoms with Crippen LogP contribution in [0.3, 0.4) is 0 Å². The van der Waals surface area contributed by atoms with Crippen LogP contribution < -0.4 is 5.32 Å². The molecule has 1 amide bonds. The van der Waals surface area contributed by atoms with Crippen LogP contribution in [0.25, 0.3) is 0 Å². The third kappa shape index (κ3) is 6.10. The highest BCUT2D eigenvalue weighted by Crippen LogP contribution is 2.36. The lowest BCUT2D eigenvalue weighted by atomic mass is 10.2. The molecule has 0 aliphatic rings. The van der Waals surface area contributed by atoms with Gasteiger partial charge in [-0.3, -0.25) is 4.79 Å². The molecule has 0 heterocycles. The van der Waals surface area contributed by atoms with E-state index in [0.717, 1.165) is 22.5 Å². The minimum atomic E-state index is -4.72. The summed E-state index contributed by atoms with van der Waals surface area (Å²) in [6.45, 7) is -0.832. The summed E-state index contributed by atoms with van der Waals surface area (Å²) in [6.07, 6.45) is -4.72. The number of nitrogens with zero attached hydrogens (tertiary/aromatic N) is 1. The Hall–Kier alpha value is -2.34. The molecule has 0 spiro atoms. The van der Waals surface area contributed by atoms with Crippen LogP contribution in [0.5, 0.6) is 0 Å². The van der Waals surface area contributed by atoms with Gasteiger partial charge in [0, 0.05) is 19.8 Å². The van der Waals surface area contributed by atoms with Crippen molar-refractivity contribution in [2.24, 2.45) is 0 Å². The Kier molecular flexibility index (Phi) is 7.58. The summed E-state index contributed by atoms with van der Waals surface area (Å²) in [5.74, 6) is -1.95. The molecule has 2 rings (SSSR count). The molecule has 0 atom stereocenters. The number of carbonyl (C=O) groups excluding carboxylic acids is 2. The lowest BCUT2D eigenvalue weighted by Gasteiger charge is -2.14. The number of carbonyl (C=O) groups is 2. The SMILES string of the molecule is CN(C)S(=O)(=O)c1cc(C(=O)OCC(=O)Nc2ccc(Cl)c(C(F)(F)F)c2)ccc1Cl. The van der Waals surface area contributed by atoms with Gasteiger partial charge < -0.3 is 10.1 Å². The number of hydrogen-bond donors (Lipinski definition) is 1. The van der Waals surface area contributed by atoms with E-state index in [1.54, 1.807) is 0 Å². The quantitative estimate of drug-likeness (QED) is 0.606. The Morgan fingerprint density at radius 1 is 1.06 bits per heavy atom. The Morgan fingerprint density at radius 3 is 2.26 bits per heavy atom. The van der Waals surface area contributed by atoms with Gasteiger partial charge in [-0.2, -0.15) is 13.2 Å². The smallest absolute Gasteiger partial charge is 0.417 e. The van der Waals surface area contributed by atoms with Crippen molar-refractivity contribution in [2.75, 3.05) is 26.0 Å². The normalized spacial score (nSPS) is 12.0. The highest BCUT2D eigenvalue weighted by Gasteiger charge is 2.33. The fourth-order valence-electron chi connectivity index (χ4n) is 2.26. The molecule has 0 radical (unpaired) electrons. The summed E-state index contributed by atoms with van der Waals surface area (Å²) in [7, 11) is -1.38. The van der Waals surface area contributed by atoms with Crippen molar-refractivity contribution < 1.29 is 35.9 Å². The number of ether oxygens (including phenoxy) is 1. The van der Waals surface area contributed by atoms with E-state index in [9.17, 15) is 31.2 Å². The third-order valence-electron chi connectivity index (χ3n) is 3.82. The topological polar surface area (TPSA) is 92.8 Å². The van der Waals surface area contributed by atoms with Crippen molar-refractivity contribution in [1.29, 1.82) is 0 Å². The van der Waals surface area contributed by atoms with Gasteiger partial charge in [-0.05, 0) is 36.4 Å². The van der Waals surface area contributed by atoms with E-state index in [4.69, 9.17) is 27.9 Å². The van der Waals surface area contributed by atoms with Crippen molar-refractivity contribution >= 4 is 50.8 Å². The molecule has 0 aromatic heterocycles. The zero-order valence-electron chi connectivity index (χ0n) is 16.0. The van der Waals surface area contributed by atoms with Gasteiger partial charge >= 0.3 is 12.1 Å². The first-order chi connectivity index (χ1) is 14.2. The molecule has 2 aromatic carbocycles. The summed E-state index contributed by atoms with van der Waals surface area (Å²) >= 11 is 11.4.